The van der Waals surface area contributed by atoms with Gasteiger partial charge in [-0.3, -0.25) is 9.59 Å². The second-order valence-corrected chi connectivity index (χ2v) is 6.61. The molecule has 0 radical (unpaired) electrons. The van der Waals surface area contributed by atoms with E-state index in [1.54, 1.807) is 53.9 Å². The van der Waals surface area contributed by atoms with E-state index >= 15 is 0 Å². The Labute approximate surface area is 158 Å². The zero-order chi connectivity index (χ0) is 18.5. The lowest BCUT2D eigenvalue weighted by Gasteiger charge is -2.07. The van der Waals surface area contributed by atoms with E-state index in [1.807, 2.05) is 0 Å². The van der Waals surface area contributed by atoms with Crippen molar-refractivity contribution >= 4 is 40.4 Å². The third-order valence-corrected chi connectivity index (χ3v) is 4.48. The molecular weight excluding hydrogens is 374 g/mol. The van der Waals surface area contributed by atoms with Gasteiger partial charge in [-0.2, -0.15) is 0 Å². The molecule has 0 atom stereocenters. The summed E-state index contributed by atoms with van der Waals surface area (Å²) in [6.07, 6.45) is 0. The van der Waals surface area contributed by atoms with Crippen LogP contribution in [0.2, 0.25) is 5.02 Å². The number of para-hydroxylation sites is 1. The lowest BCUT2D eigenvalue weighted by molar-refractivity contribution is 0.100. The molecule has 3 rings (SSSR count). The van der Waals surface area contributed by atoms with Gasteiger partial charge in [0.1, 0.15) is 23.1 Å². The molecule has 26 heavy (non-hydrogen) atoms. The van der Waals surface area contributed by atoms with Crippen LogP contribution in [0.5, 0.6) is 5.75 Å². The van der Waals surface area contributed by atoms with Crippen LogP contribution in [-0.4, -0.2) is 16.8 Å². The van der Waals surface area contributed by atoms with E-state index in [0.29, 0.717) is 21.5 Å². The molecule has 1 aromatic heterocycles. The van der Waals surface area contributed by atoms with Crippen molar-refractivity contribution in [2.24, 2.45) is 5.73 Å². The van der Waals surface area contributed by atoms with Crippen LogP contribution in [0.3, 0.4) is 0 Å². The molecule has 3 N–H and O–H groups in total. The minimum absolute atomic E-state index is 0.234. The van der Waals surface area contributed by atoms with E-state index in [0.717, 1.165) is 0 Å². The molecule has 2 aromatic carbocycles. The summed E-state index contributed by atoms with van der Waals surface area (Å²) in [5, 5.41) is 5.55. The normalized spacial score (nSPS) is 10.3. The number of aromatic nitrogens is 1. The number of primary amides is 1. The quantitative estimate of drug-likeness (QED) is 0.673. The van der Waals surface area contributed by atoms with Crippen LogP contribution in [0, 0.1) is 0 Å². The third kappa shape index (κ3) is 4.38. The lowest BCUT2D eigenvalue weighted by atomic mass is 10.1. The molecule has 0 unspecified atom stereocenters. The number of rotatable bonds is 6. The Morgan fingerprint density at radius 3 is 2.62 bits per heavy atom. The number of hydrogen-bond acceptors (Lipinski definition) is 5. The molecule has 6 nitrogen and oxygen atoms in total. The van der Waals surface area contributed by atoms with Crippen LogP contribution < -0.4 is 15.8 Å². The molecule has 0 fully saturated rings. The average molecular weight is 388 g/mol. The van der Waals surface area contributed by atoms with Gasteiger partial charge >= 0.3 is 0 Å². The van der Waals surface area contributed by atoms with Crippen molar-refractivity contribution in [1.29, 1.82) is 0 Å². The van der Waals surface area contributed by atoms with Gasteiger partial charge in [0.05, 0.1) is 11.3 Å². The molecule has 2 amide bonds. The van der Waals surface area contributed by atoms with Gasteiger partial charge in [0.15, 0.2) is 0 Å². The highest BCUT2D eigenvalue weighted by Gasteiger charge is 2.14. The average Bonchev–Trinajstić information content (AvgIpc) is 3.11. The maximum Gasteiger partial charge on any atom is 0.275 e. The maximum absolute atomic E-state index is 12.3. The van der Waals surface area contributed by atoms with Crippen molar-refractivity contribution < 1.29 is 14.3 Å². The van der Waals surface area contributed by atoms with Gasteiger partial charge in [-0.15, -0.1) is 11.3 Å². The van der Waals surface area contributed by atoms with E-state index in [-0.39, 0.29) is 17.9 Å². The largest absolute Gasteiger partial charge is 0.486 e. The summed E-state index contributed by atoms with van der Waals surface area (Å²) >= 11 is 7.13. The summed E-state index contributed by atoms with van der Waals surface area (Å²) in [7, 11) is 0. The van der Waals surface area contributed by atoms with Crippen LogP contribution in [0.25, 0.3) is 0 Å². The molecule has 8 heteroatoms. The van der Waals surface area contributed by atoms with Gasteiger partial charge in [-0.05, 0) is 36.4 Å². The number of halogens is 1. The molecule has 0 bridgehead atoms. The molecule has 0 saturated carbocycles. The lowest BCUT2D eigenvalue weighted by Crippen LogP contribution is -2.18. The van der Waals surface area contributed by atoms with Crippen molar-refractivity contribution in [2.45, 2.75) is 6.61 Å². The zero-order valence-electron chi connectivity index (χ0n) is 13.4. The maximum atomic E-state index is 12.3. The van der Waals surface area contributed by atoms with E-state index in [9.17, 15) is 9.59 Å². The molecule has 3 aromatic rings. The molecule has 0 aliphatic rings. The standard InChI is InChI=1S/C18H14ClN3O3S/c19-11-5-7-12(8-6-11)25-9-16-21-15(10-26-16)18(24)22-14-4-2-1-3-13(14)17(20)23/h1-8,10H,9H2,(H2,20,23)(H,22,24). The summed E-state index contributed by atoms with van der Waals surface area (Å²) in [6, 6.07) is 13.5. The predicted molar refractivity (Wildman–Crippen MR) is 101 cm³/mol. The Bertz CT molecular complexity index is 941. The van der Waals surface area contributed by atoms with Crippen molar-refractivity contribution in [3.05, 3.63) is 75.2 Å². The minimum Gasteiger partial charge on any atom is -0.486 e. The van der Waals surface area contributed by atoms with Crippen LogP contribution >= 0.6 is 22.9 Å². The fourth-order valence-electron chi connectivity index (χ4n) is 2.15. The predicted octanol–water partition coefficient (Wildman–Crippen LogP) is 3.73. The number of benzene rings is 2. The highest BCUT2D eigenvalue weighted by atomic mass is 35.5. The minimum atomic E-state index is -0.615. The first-order chi connectivity index (χ1) is 12.5. The second kappa shape index (κ2) is 7.99. The van der Waals surface area contributed by atoms with E-state index in [2.05, 4.69) is 10.3 Å². The van der Waals surface area contributed by atoms with Crippen LogP contribution in [0.1, 0.15) is 25.9 Å². The van der Waals surface area contributed by atoms with Gasteiger partial charge < -0.3 is 15.8 Å². The van der Waals surface area contributed by atoms with Crippen molar-refractivity contribution in [3.8, 4) is 5.75 Å². The van der Waals surface area contributed by atoms with Crippen molar-refractivity contribution in [1.82, 2.24) is 4.98 Å². The van der Waals surface area contributed by atoms with Crippen LogP contribution in [0.15, 0.2) is 53.9 Å². The Hall–Kier alpha value is -2.90. The first kappa shape index (κ1) is 17.9. The Balaban J connectivity index is 1.65. The first-order valence-electron chi connectivity index (χ1n) is 7.56. The molecule has 132 valence electrons. The van der Waals surface area contributed by atoms with Gasteiger partial charge in [-0.1, -0.05) is 23.7 Å². The van der Waals surface area contributed by atoms with Crippen molar-refractivity contribution in [2.75, 3.05) is 5.32 Å². The smallest absolute Gasteiger partial charge is 0.275 e. The van der Waals surface area contributed by atoms with Gasteiger partial charge in [-0.25, -0.2) is 4.98 Å². The molecular formula is C18H14ClN3O3S. The molecule has 0 spiro atoms. The fourth-order valence-corrected chi connectivity index (χ4v) is 2.96. The fraction of sp³-hybridized carbons (Fsp3) is 0.0556. The van der Waals surface area contributed by atoms with Crippen molar-refractivity contribution in [3.63, 3.8) is 0 Å². The number of carbonyl (C=O) groups excluding carboxylic acids is 2. The van der Waals surface area contributed by atoms with Crippen LogP contribution in [-0.2, 0) is 6.61 Å². The summed E-state index contributed by atoms with van der Waals surface area (Å²) in [5.74, 6) is -0.380. The third-order valence-electron chi connectivity index (χ3n) is 3.40. The molecule has 0 saturated heterocycles. The summed E-state index contributed by atoms with van der Waals surface area (Å²) in [4.78, 5) is 28.0. The Morgan fingerprint density at radius 1 is 1.15 bits per heavy atom. The topological polar surface area (TPSA) is 94.3 Å². The number of thiazole rings is 1. The van der Waals surface area contributed by atoms with E-state index in [1.165, 1.54) is 11.3 Å². The number of anilines is 1. The number of ether oxygens (including phenoxy) is 1. The number of nitrogens with zero attached hydrogens (tertiary/aromatic N) is 1. The highest BCUT2D eigenvalue weighted by Crippen LogP contribution is 2.19. The first-order valence-corrected chi connectivity index (χ1v) is 8.81. The number of amides is 2. The van der Waals surface area contributed by atoms with E-state index in [4.69, 9.17) is 22.1 Å². The summed E-state index contributed by atoms with van der Waals surface area (Å²) in [5.41, 5.74) is 6.13. The summed E-state index contributed by atoms with van der Waals surface area (Å²) in [6.45, 7) is 0.234. The van der Waals surface area contributed by atoms with Gasteiger partial charge in [0, 0.05) is 10.4 Å². The Kier molecular flexibility index (Phi) is 5.50. The zero-order valence-corrected chi connectivity index (χ0v) is 15.0. The highest BCUT2D eigenvalue weighted by molar-refractivity contribution is 7.09. The van der Waals surface area contributed by atoms with Crippen LogP contribution in [0.4, 0.5) is 5.69 Å². The van der Waals surface area contributed by atoms with Gasteiger partial charge in [0.2, 0.25) is 0 Å². The van der Waals surface area contributed by atoms with Gasteiger partial charge in [0.25, 0.3) is 11.8 Å². The number of hydrogen-bond donors (Lipinski definition) is 2. The molecule has 1 heterocycles. The summed E-state index contributed by atoms with van der Waals surface area (Å²) < 4.78 is 5.61. The number of nitrogens with two attached hydrogens (primary N) is 1. The van der Waals surface area contributed by atoms with E-state index < -0.39 is 11.8 Å². The number of carbonyl (C=O) groups is 2. The Morgan fingerprint density at radius 2 is 1.88 bits per heavy atom. The monoisotopic (exact) mass is 387 g/mol. The SMILES string of the molecule is NC(=O)c1ccccc1NC(=O)c1csc(COc2ccc(Cl)cc2)n1. The molecule has 0 aliphatic carbocycles. The molecule has 0 aliphatic heterocycles. The second-order valence-electron chi connectivity index (χ2n) is 5.23. The number of nitrogens with one attached hydrogen (secondary N) is 1.